The van der Waals surface area contributed by atoms with E-state index in [0.717, 1.165) is 37.3 Å². The number of hydrogen-bond donors (Lipinski definition) is 0. The summed E-state index contributed by atoms with van der Waals surface area (Å²) in [6.07, 6.45) is 3.35. The van der Waals surface area contributed by atoms with Crippen molar-refractivity contribution in [2.75, 3.05) is 37.0 Å². The Kier molecular flexibility index (Phi) is 5.50. The van der Waals surface area contributed by atoms with E-state index in [9.17, 15) is 9.59 Å². The summed E-state index contributed by atoms with van der Waals surface area (Å²) in [7, 11) is 3.96. The third kappa shape index (κ3) is 3.82. The van der Waals surface area contributed by atoms with Gasteiger partial charge in [-0.3, -0.25) is 9.59 Å². The summed E-state index contributed by atoms with van der Waals surface area (Å²) in [5.41, 5.74) is 4.70. The van der Waals surface area contributed by atoms with E-state index in [0.29, 0.717) is 33.6 Å². The molecule has 1 aliphatic carbocycles. The minimum atomic E-state index is -0.170. The number of nitrogens with zero attached hydrogens (tertiary/aromatic N) is 4. The van der Waals surface area contributed by atoms with Gasteiger partial charge in [0, 0.05) is 49.7 Å². The third-order valence-electron chi connectivity index (χ3n) is 6.37. The summed E-state index contributed by atoms with van der Waals surface area (Å²) in [6, 6.07) is 18.5. The van der Waals surface area contributed by atoms with Gasteiger partial charge >= 0.3 is 0 Å². The van der Waals surface area contributed by atoms with Crippen LogP contribution in [0.5, 0.6) is 0 Å². The second kappa shape index (κ2) is 8.62. The highest BCUT2D eigenvalue weighted by molar-refractivity contribution is 6.31. The molecule has 5 rings (SSSR count). The van der Waals surface area contributed by atoms with Crippen LogP contribution in [0.15, 0.2) is 70.9 Å². The maximum Gasteiger partial charge on any atom is 0.196 e. The van der Waals surface area contributed by atoms with E-state index in [1.54, 1.807) is 24.3 Å². The highest BCUT2D eigenvalue weighted by Gasteiger charge is 2.35. The fourth-order valence-electron chi connectivity index (χ4n) is 4.60. The molecular weight excluding hydrogens is 412 g/mol. The molecule has 6 nitrogen and oxygen atoms in total. The zero-order valence-electron chi connectivity index (χ0n) is 18.9. The molecule has 3 aromatic carbocycles. The summed E-state index contributed by atoms with van der Waals surface area (Å²) >= 11 is 0. The number of anilines is 2. The minimum Gasteiger partial charge on any atom is -0.378 e. The van der Waals surface area contributed by atoms with Crippen LogP contribution in [0.3, 0.4) is 0 Å². The van der Waals surface area contributed by atoms with Crippen molar-refractivity contribution in [1.82, 2.24) is 0 Å². The molecule has 3 aromatic rings. The Morgan fingerprint density at radius 2 is 1.36 bits per heavy atom. The summed E-state index contributed by atoms with van der Waals surface area (Å²) in [5, 5.41) is 8.80. The van der Waals surface area contributed by atoms with Crippen molar-refractivity contribution in [2.45, 2.75) is 19.3 Å². The smallest absolute Gasteiger partial charge is 0.196 e. The number of carbonyl (C=O) groups is 2. The van der Waals surface area contributed by atoms with Crippen molar-refractivity contribution in [3.05, 3.63) is 82.9 Å². The van der Waals surface area contributed by atoms with Crippen molar-refractivity contribution in [2.24, 2.45) is 10.2 Å². The number of fused-ring (bicyclic) bond motifs is 2. The number of ketones is 2. The Balaban J connectivity index is 1.61. The largest absolute Gasteiger partial charge is 0.378 e. The Morgan fingerprint density at radius 1 is 0.727 bits per heavy atom. The lowest BCUT2D eigenvalue weighted by molar-refractivity contribution is 0.0980. The molecule has 0 bridgehead atoms. The van der Waals surface area contributed by atoms with E-state index in [1.165, 1.54) is 6.42 Å². The number of hydrogen-bond acceptors (Lipinski definition) is 6. The topological polar surface area (TPSA) is 65.3 Å². The molecule has 0 aromatic heterocycles. The number of azo groups is 1. The molecule has 0 atom stereocenters. The first kappa shape index (κ1) is 21.1. The molecule has 2 aliphatic rings. The molecule has 0 N–H and O–H groups in total. The van der Waals surface area contributed by atoms with Crippen LogP contribution >= 0.6 is 0 Å². The predicted molar refractivity (Wildman–Crippen MR) is 131 cm³/mol. The second-order valence-corrected chi connectivity index (χ2v) is 8.72. The SMILES string of the molecule is CN(C)c1ccc(N=Nc2ccc(N3CCCCC3)c3c2C(=O)c2ccccc2C3=O)cc1. The van der Waals surface area contributed by atoms with E-state index >= 15 is 0 Å². The van der Waals surface area contributed by atoms with E-state index in [1.807, 2.05) is 55.4 Å². The van der Waals surface area contributed by atoms with Crippen LogP contribution in [0.2, 0.25) is 0 Å². The first-order valence-corrected chi connectivity index (χ1v) is 11.3. The fraction of sp³-hybridized carbons (Fsp3) is 0.259. The average Bonchev–Trinajstić information content (AvgIpc) is 2.86. The highest BCUT2D eigenvalue weighted by atomic mass is 16.1. The van der Waals surface area contributed by atoms with Crippen LogP contribution < -0.4 is 9.80 Å². The van der Waals surface area contributed by atoms with Crippen molar-refractivity contribution in [3.63, 3.8) is 0 Å². The predicted octanol–water partition coefficient (Wildman–Crippen LogP) is 5.93. The van der Waals surface area contributed by atoms with Gasteiger partial charge in [0.2, 0.25) is 0 Å². The van der Waals surface area contributed by atoms with E-state index < -0.39 is 0 Å². The summed E-state index contributed by atoms with van der Waals surface area (Å²) in [5.74, 6) is -0.288. The lowest BCUT2D eigenvalue weighted by atomic mass is 9.82. The molecule has 1 fully saturated rings. The molecule has 0 saturated carbocycles. The van der Waals surface area contributed by atoms with Gasteiger partial charge in [0.1, 0.15) is 0 Å². The minimum absolute atomic E-state index is 0.117. The van der Waals surface area contributed by atoms with Gasteiger partial charge < -0.3 is 9.80 Å². The maximum absolute atomic E-state index is 13.6. The Hall–Kier alpha value is -3.80. The quantitative estimate of drug-likeness (QED) is 0.370. The fourth-order valence-corrected chi connectivity index (χ4v) is 4.60. The summed E-state index contributed by atoms with van der Waals surface area (Å²) < 4.78 is 0. The molecule has 0 amide bonds. The van der Waals surface area contributed by atoms with Crippen LogP contribution in [0.4, 0.5) is 22.7 Å². The summed E-state index contributed by atoms with van der Waals surface area (Å²) in [4.78, 5) is 31.4. The molecule has 33 heavy (non-hydrogen) atoms. The molecule has 0 spiro atoms. The Labute approximate surface area is 193 Å². The van der Waals surface area contributed by atoms with Gasteiger partial charge in [-0.15, -0.1) is 5.11 Å². The highest BCUT2D eigenvalue weighted by Crippen LogP contribution is 2.40. The van der Waals surface area contributed by atoms with Gasteiger partial charge in [0.05, 0.1) is 22.5 Å². The maximum atomic E-state index is 13.6. The molecule has 1 heterocycles. The van der Waals surface area contributed by atoms with Gasteiger partial charge in [0.15, 0.2) is 11.6 Å². The first-order chi connectivity index (χ1) is 16.0. The average molecular weight is 439 g/mol. The number of benzene rings is 3. The Bertz CT molecular complexity index is 1260. The molecule has 1 aliphatic heterocycles. The zero-order chi connectivity index (χ0) is 22.9. The summed E-state index contributed by atoms with van der Waals surface area (Å²) in [6.45, 7) is 1.77. The molecule has 1 saturated heterocycles. The molecule has 0 unspecified atom stereocenters. The van der Waals surface area contributed by atoms with Gasteiger partial charge in [-0.05, 0) is 55.7 Å². The lowest BCUT2D eigenvalue weighted by Crippen LogP contribution is -2.32. The molecule has 166 valence electrons. The third-order valence-corrected chi connectivity index (χ3v) is 6.37. The van der Waals surface area contributed by atoms with Crippen molar-refractivity contribution in [3.8, 4) is 0 Å². The van der Waals surface area contributed by atoms with E-state index in [-0.39, 0.29) is 11.6 Å². The van der Waals surface area contributed by atoms with Crippen LogP contribution in [0.1, 0.15) is 51.1 Å². The number of carbonyl (C=O) groups excluding carboxylic acids is 2. The molecular formula is C27H26N4O2. The molecule has 0 radical (unpaired) electrons. The van der Waals surface area contributed by atoms with E-state index in [2.05, 4.69) is 15.1 Å². The lowest BCUT2D eigenvalue weighted by Gasteiger charge is -2.32. The van der Waals surface area contributed by atoms with Crippen LogP contribution in [-0.4, -0.2) is 38.8 Å². The van der Waals surface area contributed by atoms with Gasteiger partial charge in [-0.25, -0.2) is 0 Å². The normalized spacial score (nSPS) is 15.5. The van der Waals surface area contributed by atoms with Gasteiger partial charge in [-0.2, -0.15) is 5.11 Å². The zero-order valence-corrected chi connectivity index (χ0v) is 18.9. The van der Waals surface area contributed by atoms with E-state index in [4.69, 9.17) is 0 Å². The Morgan fingerprint density at radius 3 is 2.00 bits per heavy atom. The standard InChI is InChI=1S/C27H26N4O2/c1-30(2)19-12-10-18(11-13-19)28-29-22-14-15-23(31-16-6-3-7-17-31)25-24(22)26(32)20-8-4-5-9-21(20)27(25)33/h4-5,8-15H,3,6-7,16-17H2,1-2H3. The number of rotatable bonds is 4. The van der Waals surface area contributed by atoms with Crippen molar-refractivity contribution in [1.29, 1.82) is 0 Å². The number of piperidine rings is 1. The first-order valence-electron chi connectivity index (χ1n) is 11.3. The van der Waals surface area contributed by atoms with Crippen LogP contribution in [0.25, 0.3) is 0 Å². The van der Waals surface area contributed by atoms with Crippen LogP contribution in [0, 0.1) is 0 Å². The van der Waals surface area contributed by atoms with Crippen molar-refractivity contribution >= 4 is 34.3 Å². The molecule has 6 heteroatoms. The van der Waals surface area contributed by atoms with Crippen molar-refractivity contribution < 1.29 is 9.59 Å². The van der Waals surface area contributed by atoms with Gasteiger partial charge in [-0.1, -0.05) is 24.3 Å². The monoisotopic (exact) mass is 438 g/mol. The van der Waals surface area contributed by atoms with Crippen LogP contribution in [-0.2, 0) is 0 Å². The van der Waals surface area contributed by atoms with Gasteiger partial charge in [0.25, 0.3) is 0 Å². The second-order valence-electron chi connectivity index (χ2n) is 8.72.